The molecule has 0 spiro atoms. The van der Waals surface area contributed by atoms with Crippen molar-refractivity contribution in [1.29, 1.82) is 0 Å². The highest BCUT2D eigenvalue weighted by Crippen LogP contribution is 2.23. The molecule has 2 aromatic rings. The number of hydrogen-bond donors (Lipinski definition) is 1. The molecule has 0 aromatic heterocycles. The third-order valence-electron chi connectivity index (χ3n) is 4.84. The van der Waals surface area contributed by atoms with Gasteiger partial charge in [-0.05, 0) is 49.6 Å². The Kier molecular flexibility index (Phi) is 9.47. The average molecular weight is 451 g/mol. The van der Waals surface area contributed by atoms with E-state index in [1.54, 1.807) is 41.3 Å². The lowest BCUT2D eigenvalue weighted by atomic mass is 10.1. The van der Waals surface area contributed by atoms with Crippen LogP contribution in [0.2, 0.25) is 10.0 Å². The molecule has 0 bridgehead atoms. The minimum Gasteiger partial charge on any atom is -0.482 e. The molecule has 0 saturated heterocycles. The van der Waals surface area contributed by atoms with Crippen molar-refractivity contribution in [2.24, 2.45) is 0 Å². The second-order valence-electron chi connectivity index (χ2n) is 7.11. The molecule has 2 rings (SSSR count). The van der Waals surface area contributed by atoms with E-state index < -0.39 is 6.04 Å². The zero-order chi connectivity index (χ0) is 22.1. The second-order valence-corrected chi connectivity index (χ2v) is 7.95. The van der Waals surface area contributed by atoms with Crippen molar-refractivity contribution < 1.29 is 14.3 Å². The van der Waals surface area contributed by atoms with E-state index in [0.29, 0.717) is 22.2 Å². The molecule has 7 heteroatoms. The van der Waals surface area contributed by atoms with Gasteiger partial charge in [0.25, 0.3) is 5.91 Å². The molecule has 30 heavy (non-hydrogen) atoms. The molecular weight excluding hydrogens is 423 g/mol. The predicted octanol–water partition coefficient (Wildman–Crippen LogP) is 5.09. The summed E-state index contributed by atoms with van der Waals surface area (Å²) in [6.07, 6.45) is 1.29. The van der Waals surface area contributed by atoms with Gasteiger partial charge >= 0.3 is 0 Å². The monoisotopic (exact) mass is 450 g/mol. The quantitative estimate of drug-likeness (QED) is 0.547. The molecule has 0 radical (unpaired) electrons. The Bertz CT molecular complexity index is 843. The Hall–Kier alpha value is -2.24. The smallest absolute Gasteiger partial charge is 0.261 e. The highest BCUT2D eigenvalue weighted by atomic mass is 35.5. The van der Waals surface area contributed by atoms with Gasteiger partial charge < -0.3 is 15.0 Å². The number of nitrogens with one attached hydrogen (secondary N) is 1. The fourth-order valence-electron chi connectivity index (χ4n) is 2.93. The van der Waals surface area contributed by atoms with Crippen LogP contribution in [0.25, 0.3) is 0 Å². The van der Waals surface area contributed by atoms with Gasteiger partial charge in [0.15, 0.2) is 6.61 Å². The van der Waals surface area contributed by atoms with Crippen LogP contribution in [-0.2, 0) is 16.1 Å². The van der Waals surface area contributed by atoms with Crippen LogP contribution < -0.4 is 10.1 Å². The van der Waals surface area contributed by atoms with Crippen LogP contribution in [0.1, 0.15) is 39.2 Å². The Labute approximate surface area is 188 Å². The fraction of sp³-hybridized carbons (Fsp3) is 0.391. The van der Waals surface area contributed by atoms with Crippen LogP contribution in [0.15, 0.2) is 48.5 Å². The number of amides is 2. The molecule has 0 unspecified atom stereocenters. The summed E-state index contributed by atoms with van der Waals surface area (Å²) in [6, 6.07) is 13.6. The van der Waals surface area contributed by atoms with Gasteiger partial charge in [-0.3, -0.25) is 9.59 Å². The first-order valence-corrected chi connectivity index (χ1v) is 10.8. The average Bonchev–Trinajstić information content (AvgIpc) is 2.74. The van der Waals surface area contributed by atoms with E-state index in [1.807, 2.05) is 32.9 Å². The Morgan fingerprint density at radius 3 is 2.30 bits per heavy atom. The molecule has 2 atom stereocenters. The zero-order valence-electron chi connectivity index (χ0n) is 17.5. The molecule has 162 valence electrons. The van der Waals surface area contributed by atoms with E-state index in [2.05, 4.69) is 5.32 Å². The maximum atomic E-state index is 13.1. The number of para-hydroxylation sites is 1. The third-order valence-corrected chi connectivity index (χ3v) is 5.41. The van der Waals surface area contributed by atoms with Gasteiger partial charge in [0.05, 0.1) is 5.02 Å². The first-order valence-electron chi connectivity index (χ1n) is 10.1. The maximum absolute atomic E-state index is 13.1. The van der Waals surface area contributed by atoms with Crippen LogP contribution in [0.3, 0.4) is 0 Å². The second kappa shape index (κ2) is 11.8. The minimum atomic E-state index is -0.614. The molecule has 1 N–H and O–H groups in total. The van der Waals surface area contributed by atoms with Gasteiger partial charge in [-0.1, -0.05) is 61.3 Å². The van der Waals surface area contributed by atoms with Crippen molar-refractivity contribution in [3.63, 3.8) is 0 Å². The summed E-state index contributed by atoms with van der Waals surface area (Å²) in [6.45, 7) is 5.88. The summed E-state index contributed by atoms with van der Waals surface area (Å²) in [5, 5.41) is 4.02. The molecule has 2 amide bonds. The first kappa shape index (κ1) is 24.0. The molecule has 0 aliphatic heterocycles. The summed E-state index contributed by atoms with van der Waals surface area (Å²) in [4.78, 5) is 27.5. The lowest BCUT2D eigenvalue weighted by molar-refractivity contribution is -0.143. The maximum Gasteiger partial charge on any atom is 0.261 e. The number of benzene rings is 2. The molecule has 0 saturated carbocycles. The van der Waals surface area contributed by atoms with Crippen molar-refractivity contribution in [3.8, 4) is 5.75 Å². The number of carbonyl (C=O) groups is 2. The van der Waals surface area contributed by atoms with Crippen molar-refractivity contribution in [1.82, 2.24) is 10.2 Å². The Balaban J connectivity index is 2.21. The fourth-order valence-corrected chi connectivity index (χ4v) is 3.25. The molecule has 0 aliphatic carbocycles. The summed E-state index contributed by atoms with van der Waals surface area (Å²) in [5.41, 5.74) is 0.875. The number of carbonyl (C=O) groups excluding carboxylic acids is 2. The van der Waals surface area contributed by atoms with Gasteiger partial charge in [-0.15, -0.1) is 0 Å². The van der Waals surface area contributed by atoms with E-state index in [0.717, 1.165) is 12.0 Å². The van der Waals surface area contributed by atoms with Gasteiger partial charge in [0.2, 0.25) is 5.91 Å². The number of rotatable bonds is 10. The highest BCUT2D eigenvalue weighted by molar-refractivity contribution is 6.32. The number of hydrogen-bond acceptors (Lipinski definition) is 3. The van der Waals surface area contributed by atoms with Crippen LogP contribution in [-0.4, -0.2) is 35.4 Å². The number of ether oxygens (including phenoxy) is 1. The normalized spacial score (nSPS) is 12.7. The van der Waals surface area contributed by atoms with Crippen LogP contribution in [0.4, 0.5) is 0 Å². The van der Waals surface area contributed by atoms with E-state index >= 15 is 0 Å². The lowest BCUT2D eigenvalue weighted by Gasteiger charge is -2.31. The third kappa shape index (κ3) is 6.92. The minimum absolute atomic E-state index is 0.0263. The molecule has 0 fully saturated rings. The van der Waals surface area contributed by atoms with Gasteiger partial charge in [0.1, 0.15) is 11.8 Å². The zero-order valence-corrected chi connectivity index (χ0v) is 19.0. The molecular formula is C23H28Cl2N2O3. The van der Waals surface area contributed by atoms with Crippen molar-refractivity contribution in [2.45, 2.75) is 52.2 Å². The largest absolute Gasteiger partial charge is 0.482 e. The van der Waals surface area contributed by atoms with E-state index in [1.165, 1.54) is 0 Å². The number of halogens is 2. The predicted molar refractivity (Wildman–Crippen MR) is 121 cm³/mol. The highest BCUT2D eigenvalue weighted by Gasteiger charge is 2.29. The summed E-state index contributed by atoms with van der Waals surface area (Å²) >= 11 is 12.1. The van der Waals surface area contributed by atoms with E-state index in [9.17, 15) is 9.59 Å². The Morgan fingerprint density at radius 2 is 1.70 bits per heavy atom. The van der Waals surface area contributed by atoms with Crippen molar-refractivity contribution in [2.75, 3.05) is 6.61 Å². The van der Waals surface area contributed by atoms with Gasteiger partial charge in [-0.2, -0.15) is 0 Å². The Morgan fingerprint density at radius 1 is 1.03 bits per heavy atom. The van der Waals surface area contributed by atoms with Crippen molar-refractivity contribution in [3.05, 3.63) is 64.1 Å². The summed E-state index contributed by atoms with van der Waals surface area (Å²) in [5.74, 6) is -0.0426. The molecule has 2 aromatic carbocycles. The molecule has 5 nitrogen and oxygen atoms in total. The van der Waals surface area contributed by atoms with E-state index in [4.69, 9.17) is 27.9 Å². The van der Waals surface area contributed by atoms with Crippen molar-refractivity contribution >= 4 is 35.0 Å². The number of nitrogens with zero attached hydrogens (tertiary/aromatic N) is 1. The SMILES string of the molecule is CC[C@@H](C)NC(=O)[C@H](CC)N(Cc1ccc(Cl)cc1)C(=O)COc1ccccc1Cl. The van der Waals surface area contributed by atoms with Crippen LogP contribution in [0.5, 0.6) is 5.75 Å². The topological polar surface area (TPSA) is 58.6 Å². The first-order chi connectivity index (χ1) is 14.3. The summed E-state index contributed by atoms with van der Waals surface area (Å²) in [7, 11) is 0. The van der Waals surface area contributed by atoms with Crippen LogP contribution in [0, 0.1) is 0 Å². The standard InChI is InChI=1S/C23H28Cl2N2O3/c1-4-16(3)26-23(29)20(5-2)27(14-17-10-12-18(24)13-11-17)22(28)15-30-21-9-7-6-8-19(21)25/h6-13,16,20H,4-5,14-15H2,1-3H3,(H,26,29)/t16-,20+/m1/s1. The van der Waals surface area contributed by atoms with Gasteiger partial charge in [0, 0.05) is 17.6 Å². The van der Waals surface area contributed by atoms with E-state index in [-0.39, 0.29) is 31.0 Å². The van der Waals surface area contributed by atoms with Crippen LogP contribution >= 0.6 is 23.2 Å². The molecule has 0 aliphatic rings. The van der Waals surface area contributed by atoms with Gasteiger partial charge in [-0.25, -0.2) is 0 Å². The summed E-state index contributed by atoms with van der Waals surface area (Å²) < 4.78 is 5.64. The molecule has 0 heterocycles. The lowest BCUT2D eigenvalue weighted by Crippen LogP contribution is -2.51.